The van der Waals surface area contributed by atoms with E-state index in [1.807, 2.05) is 12.1 Å². The highest BCUT2D eigenvalue weighted by Gasteiger charge is 2.35. The number of nitrogens with one attached hydrogen (secondary N) is 2. The van der Waals surface area contributed by atoms with E-state index in [0.717, 1.165) is 31.4 Å². The van der Waals surface area contributed by atoms with Gasteiger partial charge in [-0.15, -0.1) is 0 Å². The number of rotatable bonds is 6. The molecule has 0 spiro atoms. The van der Waals surface area contributed by atoms with Crippen LogP contribution in [0, 0.1) is 0 Å². The predicted molar refractivity (Wildman–Crippen MR) is 103 cm³/mol. The SMILES string of the molecule is COc1ccc(Oc2ccc(S(=O)(=O)NC3CC4CCC(C3)N4)cc2)cc1. The van der Waals surface area contributed by atoms with E-state index in [-0.39, 0.29) is 10.9 Å². The first kappa shape index (κ1) is 18.3. The summed E-state index contributed by atoms with van der Waals surface area (Å²) in [5, 5.41) is 3.52. The minimum Gasteiger partial charge on any atom is -0.497 e. The molecule has 0 aliphatic carbocycles. The highest BCUT2D eigenvalue weighted by Crippen LogP contribution is 2.28. The molecule has 7 heteroatoms. The molecule has 2 saturated heterocycles. The summed E-state index contributed by atoms with van der Waals surface area (Å²) in [5.74, 6) is 2.00. The molecule has 2 aliphatic heterocycles. The van der Waals surface area contributed by atoms with Gasteiger partial charge < -0.3 is 14.8 Å². The first-order valence-corrected chi connectivity index (χ1v) is 10.7. The van der Waals surface area contributed by atoms with Gasteiger partial charge in [0.25, 0.3) is 0 Å². The number of methoxy groups -OCH3 is 1. The molecule has 4 rings (SSSR count). The van der Waals surface area contributed by atoms with Crippen molar-refractivity contribution in [2.24, 2.45) is 0 Å². The first-order chi connectivity index (χ1) is 13.0. The van der Waals surface area contributed by atoms with Crippen molar-refractivity contribution in [3.8, 4) is 17.2 Å². The molecule has 0 amide bonds. The molecule has 0 saturated carbocycles. The van der Waals surface area contributed by atoms with Gasteiger partial charge in [-0.3, -0.25) is 0 Å². The molecule has 2 fully saturated rings. The van der Waals surface area contributed by atoms with Crippen molar-refractivity contribution < 1.29 is 17.9 Å². The Balaban J connectivity index is 1.41. The smallest absolute Gasteiger partial charge is 0.240 e. The highest BCUT2D eigenvalue weighted by molar-refractivity contribution is 7.89. The van der Waals surface area contributed by atoms with E-state index in [9.17, 15) is 8.42 Å². The number of fused-ring (bicyclic) bond motifs is 2. The molecule has 0 radical (unpaired) electrons. The van der Waals surface area contributed by atoms with Gasteiger partial charge in [-0.2, -0.15) is 0 Å². The molecule has 2 heterocycles. The minimum atomic E-state index is -3.53. The second kappa shape index (κ2) is 7.50. The quantitative estimate of drug-likeness (QED) is 0.795. The summed E-state index contributed by atoms with van der Waals surface area (Å²) in [4.78, 5) is 0.260. The largest absolute Gasteiger partial charge is 0.497 e. The molecule has 2 aromatic carbocycles. The maximum absolute atomic E-state index is 12.7. The van der Waals surface area contributed by atoms with Gasteiger partial charge in [0.05, 0.1) is 12.0 Å². The molecule has 6 nitrogen and oxygen atoms in total. The summed E-state index contributed by atoms with van der Waals surface area (Å²) in [6, 6.07) is 14.6. The van der Waals surface area contributed by atoms with E-state index in [2.05, 4.69) is 10.0 Å². The standard InChI is InChI=1S/C20H24N2O4S/c1-25-17-4-6-18(7-5-17)26-19-8-10-20(11-9-19)27(23,24)22-16-12-14-2-3-15(13-16)21-14/h4-11,14-16,21-22H,2-3,12-13H2,1H3. The Morgan fingerprint density at radius 3 is 1.96 bits per heavy atom. The lowest BCUT2D eigenvalue weighted by Gasteiger charge is -2.29. The van der Waals surface area contributed by atoms with Crippen LogP contribution in [0.3, 0.4) is 0 Å². The Kier molecular flexibility index (Phi) is 5.08. The van der Waals surface area contributed by atoms with E-state index in [0.29, 0.717) is 23.6 Å². The maximum atomic E-state index is 12.7. The Bertz CT molecular complexity index is 869. The van der Waals surface area contributed by atoms with Gasteiger partial charge in [-0.05, 0) is 74.2 Å². The normalized spacial score (nSPS) is 24.6. The van der Waals surface area contributed by atoms with Crippen molar-refractivity contribution in [2.45, 2.75) is 48.7 Å². The van der Waals surface area contributed by atoms with Gasteiger partial charge >= 0.3 is 0 Å². The number of sulfonamides is 1. The zero-order valence-electron chi connectivity index (χ0n) is 15.2. The molecule has 2 unspecified atom stereocenters. The van der Waals surface area contributed by atoms with Crippen LogP contribution in [-0.4, -0.2) is 33.7 Å². The zero-order valence-corrected chi connectivity index (χ0v) is 16.0. The number of piperidine rings is 1. The van der Waals surface area contributed by atoms with Crippen LogP contribution in [0.15, 0.2) is 53.4 Å². The third-order valence-electron chi connectivity index (χ3n) is 5.22. The van der Waals surface area contributed by atoms with Crippen molar-refractivity contribution in [3.63, 3.8) is 0 Å². The molecule has 27 heavy (non-hydrogen) atoms. The van der Waals surface area contributed by atoms with Crippen LogP contribution < -0.4 is 19.5 Å². The number of ether oxygens (including phenoxy) is 2. The lowest BCUT2D eigenvalue weighted by Crippen LogP contribution is -2.47. The van der Waals surface area contributed by atoms with Crippen LogP contribution in [0.25, 0.3) is 0 Å². The van der Waals surface area contributed by atoms with Gasteiger partial charge in [0.2, 0.25) is 10.0 Å². The third kappa shape index (κ3) is 4.26. The number of hydrogen-bond acceptors (Lipinski definition) is 5. The number of benzene rings is 2. The van der Waals surface area contributed by atoms with E-state index in [1.165, 1.54) is 0 Å². The van der Waals surface area contributed by atoms with Gasteiger partial charge in [-0.25, -0.2) is 13.1 Å². The molecule has 2 atom stereocenters. The Labute approximate surface area is 159 Å². The molecular formula is C20H24N2O4S. The second-order valence-corrected chi connectivity index (χ2v) is 8.89. The third-order valence-corrected chi connectivity index (χ3v) is 6.76. The van der Waals surface area contributed by atoms with Crippen LogP contribution >= 0.6 is 0 Å². The summed E-state index contributed by atoms with van der Waals surface area (Å²) in [6.45, 7) is 0. The van der Waals surface area contributed by atoms with Crippen LogP contribution in [0.1, 0.15) is 25.7 Å². The average molecular weight is 388 g/mol. The Hall–Kier alpha value is -2.09. The van der Waals surface area contributed by atoms with Crippen molar-refractivity contribution in [1.82, 2.24) is 10.0 Å². The van der Waals surface area contributed by atoms with E-state index in [4.69, 9.17) is 9.47 Å². The van der Waals surface area contributed by atoms with E-state index >= 15 is 0 Å². The van der Waals surface area contributed by atoms with Crippen LogP contribution in [-0.2, 0) is 10.0 Å². The first-order valence-electron chi connectivity index (χ1n) is 9.22. The molecule has 2 bridgehead atoms. The highest BCUT2D eigenvalue weighted by atomic mass is 32.2. The molecule has 144 valence electrons. The average Bonchev–Trinajstić information content (AvgIpc) is 3.01. The van der Waals surface area contributed by atoms with Crippen LogP contribution in [0.4, 0.5) is 0 Å². The predicted octanol–water partition coefficient (Wildman–Crippen LogP) is 3.05. The van der Waals surface area contributed by atoms with Gasteiger partial charge in [0.1, 0.15) is 17.2 Å². The van der Waals surface area contributed by atoms with Gasteiger partial charge in [0.15, 0.2) is 0 Å². The minimum absolute atomic E-state index is 0.00368. The van der Waals surface area contributed by atoms with Crippen molar-refractivity contribution in [3.05, 3.63) is 48.5 Å². The monoisotopic (exact) mass is 388 g/mol. The fourth-order valence-electron chi connectivity index (χ4n) is 3.91. The summed E-state index contributed by atoms with van der Waals surface area (Å²) < 4.78 is 39.1. The molecule has 2 aliphatic rings. The van der Waals surface area contributed by atoms with Crippen molar-refractivity contribution in [1.29, 1.82) is 0 Å². The van der Waals surface area contributed by atoms with E-state index in [1.54, 1.807) is 43.5 Å². The lowest BCUT2D eigenvalue weighted by atomic mass is 10.0. The molecule has 2 N–H and O–H groups in total. The molecule has 0 aromatic heterocycles. The topological polar surface area (TPSA) is 76.7 Å². The summed E-state index contributed by atoms with van der Waals surface area (Å²) >= 11 is 0. The van der Waals surface area contributed by atoms with Crippen molar-refractivity contribution in [2.75, 3.05) is 7.11 Å². The summed E-state index contributed by atoms with van der Waals surface area (Å²) in [6.07, 6.45) is 3.99. The lowest BCUT2D eigenvalue weighted by molar-refractivity contribution is 0.345. The fraction of sp³-hybridized carbons (Fsp3) is 0.400. The van der Waals surface area contributed by atoms with Crippen molar-refractivity contribution >= 4 is 10.0 Å². The molecule has 2 aromatic rings. The summed E-state index contributed by atoms with van der Waals surface area (Å²) in [7, 11) is -1.92. The summed E-state index contributed by atoms with van der Waals surface area (Å²) in [5.41, 5.74) is 0. The fourth-order valence-corrected chi connectivity index (χ4v) is 5.17. The van der Waals surface area contributed by atoms with Crippen LogP contribution in [0.5, 0.6) is 17.2 Å². The maximum Gasteiger partial charge on any atom is 0.240 e. The Morgan fingerprint density at radius 2 is 1.41 bits per heavy atom. The second-order valence-electron chi connectivity index (χ2n) is 7.18. The van der Waals surface area contributed by atoms with E-state index < -0.39 is 10.0 Å². The zero-order chi connectivity index (χ0) is 18.9. The van der Waals surface area contributed by atoms with Gasteiger partial charge in [-0.1, -0.05) is 0 Å². The molecular weight excluding hydrogens is 364 g/mol. The van der Waals surface area contributed by atoms with Gasteiger partial charge in [0, 0.05) is 18.1 Å². The van der Waals surface area contributed by atoms with Crippen LogP contribution in [0.2, 0.25) is 0 Å². The Morgan fingerprint density at radius 1 is 0.889 bits per heavy atom. The number of hydrogen-bond donors (Lipinski definition) is 2.